The number of rotatable bonds is 4. The summed E-state index contributed by atoms with van der Waals surface area (Å²) in [6, 6.07) is 4.45. The van der Waals surface area contributed by atoms with Crippen LogP contribution in [-0.4, -0.2) is 52.6 Å². The molecule has 0 bridgehead atoms. The Morgan fingerprint density at radius 1 is 1.30 bits per heavy atom. The Labute approximate surface area is 119 Å². The lowest BCUT2D eigenvalue weighted by molar-refractivity contribution is -0.131. The summed E-state index contributed by atoms with van der Waals surface area (Å²) in [6.45, 7) is 3.83. The van der Waals surface area contributed by atoms with Gasteiger partial charge in [0.2, 0.25) is 5.91 Å². The van der Waals surface area contributed by atoms with Gasteiger partial charge in [-0.25, -0.2) is 0 Å². The zero-order valence-electron chi connectivity index (χ0n) is 12.0. The summed E-state index contributed by atoms with van der Waals surface area (Å²) in [5.41, 5.74) is 0.462. The van der Waals surface area contributed by atoms with Crippen LogP contribution in [0.25, 0.3) is 0 Å². The van der Waals surface area contributed by atoms with Crippen LogP contribution in [0, 0.1) is 0 Å². The van der Waals surface area contributed by atoms with Crippen molar-refractivity contribution >= 4 is 5.91 Å². The van der Waals surface area contributed by atoms with Crippen LogP contribution in [0.1, 0.15) is 31.4 Å². The van der Waals surface area contributed by atoms with E-state index in [0.717, 1.165) is 25.9 Å². The quantitative estimate of drug-likeness (QED) is 0.880. The molecule has 1 saturated heterocycles. The predicted octanol–water partition coefficient (Wildman–Crippen LogP) is 1.71. The van der Waals surface area contributed by atoms with E-state index >= 15 is 0 Å². The summed E-state index contributed by atoms with van der Waals surface area (Å²) in [5, 5.41) is 19.7. The second kappa shape index (κ2) is 6.13. The van der Waals surface area contributed by atoms with E-state index in [4.69, 9.17) is 0 Å². The Morgan fingerprint density at radius 2 is 1.85 bits per heavy atom. The first kappa shape index (κ1) is 14.7. The van der Waals surface area contributed by atoms with Crippen molar-refractivity contribution in [3.05, 3.63) is 23.8 Å². The van der Waals surface area contributed by atoms with Crippen molar-refractivity contribution in [2.75, 3.05) is 26.7 Å². The molecule has 20 heavy (non-hydrogen) atoms. The summed E-state index contributed by atoms with van der Waals surface area (Å²) in [6.07, 6.45) is 2.15. The van der Waals surface area contributed by atoms with Crippen LogP contribution in [0.2, 0.25) is 0 Å². The Kier molecular flexibility index (Phi) is 4.49. The number of nitrogens with zero attached hydrogens (tertiary/aromatic N) is 2. The molecule has 0 saturated carbocycles. The molecule has 1 amide bonds. The summed E-state index contributed by atoms with van der Waals surface area (Å²) < 4.78 is 0. The molecule has 1 aliphatic rings. The highest BCUT2D eigenvalue weighted by atomic mass is 16.3. The molecule has 1 aliphatic heterocycles. The fourth-order valence-electron chi connectivity index (χ4n) is 2.61. The standard InChI is InChI=1S/C15H22N2O3/c1-11(15-12(18)6-5-7-13(15)19)16(2)10-14(20)17-8-3-4-9-17/h5-7,11,18-19H,3-4,8-10H2,1-2H3. The number of carbonyl (C=O) groups is 1. The van der Waals surface area contributed by atoms with Gasteiger partial charge in [0.25, 0.3) is 0 Å². The van der Waals surface area contributed by atoms with Gasteiger partial charge in [-0.05, 0) is 38.9 Å². The lowest BCUT2D eigenvalue weighted by Gasteiger charge is -2.27. The average molecular weight is 278 g/mol. The normalized spacial score (nSPS) is 16.6. The molecule has 1 aromatic carbocycles. The van der Waals surface area contributed by atoms with Gasteiger partial charge in [0.15, 0.2) is 0 Å². The maximum Gasteiger partial charge on any atom is 0.236 e. The fourth-order valence-corrected chi connectivity index (χ4v) is 2.61. The number of amides is 1. The zero-order chi connectivity index (χ0) is 14.7. The van der Waals surface area contributed by atoms with Crippen LogP contribution in [-0.2, 0) is 4.79 Å². The molecule has 1 unspecified atom stereocenters. The number of benzene rings is 1. The summed E-state index contributed by atoms with van der Waals surface area (Å²) in [7, 11) is 1.82. The van der Waals surface area contributed by atoms with Gasteiger partial charge in [-0.15, -0.1) is 0 Å². The predicted molar refractivity (Wildman–Crippen MR) is 76.6 cm³/mol. The molecule has 1 atom stereocenters. The third-order valence-electron chi connectivity index (χ3n) is 3.98. The topological polar surface area (TPSA) is 64.0 Å². The molecule has 2 N–H and O–H groups in total. The van der Waals surface area contributed by atoms with Gasteiger partial charge in [0, 0.05) is 19.1 Å². The molecule has 2 rings (SSSR count). The molecule has 0 radical (unpaired) electrons. The van der Waals surface area contributed by atoms with Crippen LogP contribution < -0.4 is 0 Å². The number of hydrogen-bond donors (Lipinski definition) is 2. The minimum absolute atomic E-state index is 0.0537. The molecular formula is C15H22N2O3. The SMILES string of the molecule is CC(c1c(O)cccc1O)N(C)CC(=O)N1CCCC1. The Hall–Kier alpha value is -1.75. The van der Waals surface area contributed by atoms with Crippen LogP contribution in [0.3, 0.4) is 0 Å². The molecule has 1 heterocycles. The maximum absolute atomic E-state index is 12.1. The number of phenols is 2. The highest BCUT2D eigenvalue weighted by Gasteiger charge is 2.24. The van der Waals surface area contributed by atoms with E-state index in [9.17, 15) is 15.0 Å². The Morgan fingerprint density at radius 3 is 2.40 bits per heavy atom. The highest BCUT2D eigenvalue weighted by Crippen LogP contribution is 2.34. The van der Waals surface area contributed by atoms with E-state index in [2.05, 4.69) is 0 Å². The summed E-state index contributed by atoms with van der Waals surface area (Å²) in [4.78, 5) is 15.8. The van der Waals surface area contributed by atoms with Crippen molar-refractivity contribution in [3.8, 4) is 11.5 Å². The van der Waals surface area contributed by atoms with Gasteiger partial charge in [0.05, 0.1) is 12.1 Å². The van der Waals surface area contributed by atoms with Crippen LogP contribution in [0.4, 0.5) is 0 Å². The van der Waals surface area contributed by atoms with E-state index < -0.39 is 0 Å². The molecule has 110 valence electrons. The largest absolute Gasteiger partial charge is 0.507 e. The third-order valence-corrected chi connectivity index (χ3v) is 3.98. The summed E-state index contributed by atoms with van der Waals surface area (Å²) >= 11 is 0. The van der Waals surface area contributed by atoms with Crippen molar-refractivity contribution in [1.82, 2.24) is 9.80 Å². The van der Waals surface area contributed by atoms with Crippen LogP contribution in [0.15, 0.2) is 18.2 Å². The van der Waals surface area contributed by atoms with Crippen LogP contribution >= 0.6 is 0 Å². The lowest BCUT2D eigenvalue weighted by atomic mass is 10.0. The van der Waals surface area contributed by atoms with E-state index in [1.165, 1.54) is 0 Å². The third kappa shape index (κ3) is 3.04. The van der Waals surface area contributed by atoms with Gasteiger partial charge in [-0.1, -0.05) is 6.07 Å². The highest BCUT2D eigenvalue weighted by molar-refractivity contribution is 5.78. The summed E-state index contributed by atoms with van der Waals surface area (Å²) in [5.74, 6) is 0.211. The lowest BCUT2D eigenvalue weighted by Crippen LogP contribution is -2.38. The molecular weight excluding hydrogens is 256 g/mol. The van der Waals surface area contributed by atoms with Gasteiger partial charge < -0.3 is 15.1 Å². The van der Waals surface area contributed by atoms with E-state index in [0.29, 0.717) is 5.56 Å². The number of likely N-dealkylation sites (N-methyl/N-ethyl adjacent to an activating group) is 1. The number of likely N-dealkylation sites (tertiary alicyclic amines) is 1. The average Bonchev–Trinajstić information content (AvgIpc) is 2.92. The van der Waals surface area contributed by atoms with Crippen molar-refractivity contribution in [2.24, 2.45) is 0 Å². The van der Waals surface area contributed by atoms with Crippen molar-refractivity contribution in [2.45, 2.75) is 25.8 Å². The molecule has 5 nitrogen and oxygen atoms in total. The smallest absolute Gasteiger partial charge is 0.236 e. The molecule has 5 heteroatoms. The minimum atomic E-state index is -0.234. The monoisotopic (exact) mass is 278 g/mol. The fraction of sp³-hybridized carbons (Fsp3) is 0.533. The van der Waals surface area contributed by atoms with E-state index in [1.807, 2.05) is 23.8 Å². The van der Waals surface area contributed by atoms with Crippen LogP contribution in [0.5, 0.6) is 11.5 Å². The van der Waals surface area contributed by atoms with Gasteiger partial charge in [-0.2, -0.15) is 0 Å². The van der Waals surface area contributed by atoms with Crippen molar-refractivity contribution in [1.29, 1.82) is 0 Å². The first-order chi connectivity index (χ1) is 9.50. The second-order valence-electron chi connectivity index (χ2n) is 5.39. The van der Waals surface area contributed by atoms with Crippen molar-refractivity contribution < 1.29 is 15.0 Å². The van der Waals surface area contributed by atoms with E-state index in [1.54, 1.807) is 18.2 Å². The first-order valence-corrected chi connectivity index (χ1v) is 6.99. The second-order valence-corrected chi connectivity index (χ2v) is 5.39. The zero-order valence-corrected chi connectivity index (χ0v) is 12.0. The molecule has 0 spiro atoms. The maximum atomic E-state index is 12.1. The molecule has 0 aliphatic carbocycles. The minimum Gasteiger partial charge on any atom is -0.507 e. The molecule has 1 fully saturated rings. The van der Waals surface area contributed by atoms with Gasteiger partial charge >= 0.3 is 0 Å². The first-order valence-electron chi connectivity index (χ1n) is 6.99. The number of phenolic OH excluding ortho intramolecular Hbond substituents is 2. The van der Waals surface area contributed by atoms with Gasteiger partial charge in [0.1, 0.15) is 11.5 Å². The Bertz CT molecular complexity index is 464. The number of aromatic hydroxyl groups is 2. The molecule has 0 aromatic heterocycles. The number of carbonyl (C=O) groups excluding carboxylic acids is 1. The van der Waals surface area contributed by atoms with Gasteiger partial charge in [-0.3, -0.25) is 9.69 Å². The number of hydrogen-bond acceptors (Lipinski definition) is 4. The Balaban J connectivity index is 2.04. The van der Waals surface area contributed by atoms with E-state index in [-0.39, 0.29) is 30.0 Å². The molecule has 1 aromatic rings. The van der Waals surface area contributed by atoms with Crippen molar-refractivity contribution in [3.63, 3.8) is 0 Å².